The number of rotatable bonds is 9. The zero-order valence-corrected chi connectivity index (χ0v) is 21.0. The highest BCUT2D eigenvalue weighted by atomic mass is 16.5. The molecule has 0 spiro atoms. The lowest BCUT2D eigenvalue weighted by molar-refractivity contribution is -0.125. The summed E-state index contributed by atoms with van der Waals surface area (Å²) in [5, 5.41) is 3.16. The van der Waals surface area contributed by atoms with Gasteiger partial charge in [-0.25, -0.2) is 4.98 Å². The lowest BCUT2D eigenvalue weighted by atomic mass is 9.86. The third-order valence-electron chi connectivity index (χ3n) is 6.85. The van der Waals surface area contributed by atoms with Gasteiger partial charge in [0.15, 0.2) is 0 Å². The van der Waals surface area contributed by atoms with Gasteiger partial charge in [-0.1, -0.05) is 70.4 Å². The number of amides is 1. The van der Waals surface area contributed by atoms with Crippen LogP contribution in [0.2, 0.25) is 0 Å². The Morgan fingerprint density at radius 3 is 2.59 bits per heavy atom. The van der Waals surface area contributed by atoms with Crippen molar-refractivity contribution < 1.29 is 9.53 Å². The second-order valence-corrected chi connectivity index (χ2v) is 10.5. The molecule has 2 aromatic carbocycles. The Morgan fingerprint density at radius 1 is 1.06 bits per heavy atom. The molecule has 0 radical (unpaired) electrons. The van der Waals surface area contributed by atoms with Crippen LogP contribution in [-0.2, 0) is 23.2 Å². The maximum Gasteiger partial charge on any atom is 0.223 e. The summed E-state index contributed by atoms with van der Waals surface area (Å²) in [4.78, 5) is 17.3. The number of carbonyl (C=O) groups excluding carboxylic acids is 1. The van der Waals surface area contributed by atoms with Gasteiger partial charge >= 0.3 is 0 Å². The number of nitrogens with zero attached hydrogens (tertiary/aromatic N) is 2. The van der Waals surface area contributed by atoms with Gasteiger partial charge in [-0.05, 0) is 48.4 Å². The molecule has 1 aromatic heterocycles. The summed E-state index contributed by atoms with van der Waals surface area (Å²) in [6.45, 7) is 8.66. The standard InChI is InChI=1S/C29H39N3O2/c1-29(2,3)23-14-7-10-17-26(23)34-21-20-32-25-16-9-8-15-24(25)31-27(32)18-11-19-30-28(33)22-12-5-4-6-13-22/h7-10,14-17,22H,4-6,11-13,18-21H2,1-3H3,(H,30,33). The summed E-state index contributed by atoms with van der Waals surface area (Å²) in [6, 6.07) is 16.6. The summed E-state index contributed by atoms with van der Waals surface area (Å²) >= 11 is 0. The van der Waals surface area contributed by atoms with Crippen LogP contribution >= 0.6 is 0 Å². The summed E-state index contributed by atoms with van der Waals surface area (Å²) < 4.78 is 8.54. The van der Waals surface area contributed by atoms with E-state index in [0.29, 0.717) is 13.2 Å². The van der Waals surface area contributed by atoms with Crippen molar-refractivity contribution in [1.29, 1.82) is 0 Å². The second kappa shape index (κ2) is 11.1. The smallest absolute Gasteiger partial charge is 0.223 e. The van der Waals surface area contributed by atoms with Crippen LogP contribution in [0.4, 0.5) is 0 Å². The molecular formula is C29H39N3O2. The number of carbonyl (C=O) groups is 1. The molecule has 0 atom stereocenters. The molecule has 0 unspecified atom stereocenters. The fourth-order valence-corrected chi connectivity index (χ4v) is 4.99. The first kappa shape index (κ1) is 24.3. The normalized spacial score (nSPS) is 14.9. The number of benzene rings is 2. The van der Waals surface area contributed by atoms with E-state index in [1.807, 2.05) is 12.1 Å². The molecule has 1 N–H and O–H groups in total. The highest BCUT2D eigenvalue weighted by molar-refractivity contribution is 5.78. The Bertz CT molecular complexity index is 1090. The van der Waals surface area contributed by atoms with Gasteiger partial charge in [0, 0.05) is 18.9 Å². The quantitative estimate of drug-likeness (QED) is 0.395. The number of aromatic nitrogens is 2. The van der Waals surface area contributed by atoms with Gasteiger partial charge in [-0.2, -0.15) is 0 Å². The molecule has 4 rings (SSSR count). The molecule has 0 saturated heterocycles. The summed E-state index contributed by atoms with van der Waals surface area (Å²) in [5.74, 6) is 2.46. The molecule has 182 valence electrons. The van der Waals surface area contributed by atoms with Crippen LogP contribution in [0, 0.1) is 5.92 Å². The van der Waals surface area contributed by atoms with Crippen LogP contribution in [0.15, 0.2) is 48.5 Å². The van der Waals surface area contributed by atoms with Gasteiger partial charge in [-0.3, -0.25) is 4.79 Å². The number of para-hydroxylation sites is 3. The monoisotopic (exact) mass is 461 g/mol. The molecule has 1 aliphatic carbocycles. The van der Waals surface area contributed by atoms with Crippen LogP contribution in [0.25, 0.3) is 11.0 Å². The molecule has 1 fully saturated rings. The summed E-state index contributed by atoms with van der Waals surface area (Å²) in [5.41, 5.74) is 3.40. The molecule has 1 saturated carbocycles. The van der Waals surface area contributed by atoms with E-state index in [4.69, 9.17) is 9.72 Å². The molecule has 3 aromatic rings. The minimum Gasteiger partial charge on any atom is -0.491 e. The van der Waals surface area contributed by atoms with Crippen LogP contribution in [0.5, 0.6) is 5.75 Å². The Balaban J connectivity index is 1.37. The van der Waals surface area contributed by atoms with Gasteiger partial charge in [0.2, 0.25) is 5.91 Å². The van der Waals surface area contributed by atoms with Gasteiger partial charge < -0.3 is 14.6 Å². The van der Waals surface area contributed by atoms with E-state index < -0.39 is 0 Å². The zero-order chi connectivity index (χ0) is 24.0. The molecule has 5 nitrogen and oxygen atoms in total. The van der Waals surface area contributed by atoms with E-state index >= 15 is 0 Å². The molecular weight excluding hydrogens is 422 g/mol. The molecule has 0 bridgehead atoms. The maximum atomic E-state index is 12.4. The lowest BCUT2D eigenvalue weighted by Crippen LogP contribution is -2.32. The van der Waals surface area contributed by atoms with Gasteiger partial charge in [0.05, 0.1) is 17.6 Å². The Hall–Kier alpha value is -2.82. The minimum absolute atomic E-state index is 0.0332. The van der Waals surface area contributed by atoms with E-state index in [1.54, 1.807) is 0 Å². The van der Waals surface area contributed by atoms with E-state index in [0.717, 1.165) is 54.8 Å². The van der Waals surface area contributed by atoms with Gasteiger partial charge in [0.1, 0.15) is 18.2 Å². The zero-order valence-electron chi connectivity index (χ0n) is 21.0. The topological polar surface area (TPSA) is 56.1 Å². The van der Waals surface area contributed by atoms with E-state index in [1.165, 1.54) is 24.8 Å². The fraction of sp³-hybridized carbons (Fsp3) is 0.517. The third-order valence-corrected chi connectivity index (χ3v) is 6.85. The Labute approximate surface area is 203 Å². The van der Waals surface area contributed by atoms with Crippen molar-refractivity contribution in [3.05, 3.63) is 59.9 Å². The summed E-state index contributed by atoms with van der Waals surface area (Å²) in [6.07, 6.45) is 7.44. The van der Waals surface area contributed by atoms with E-state index in [9.17, 15) is 4.79 Å². The second-order valence-electron chi connectivity index (χ2n) is 10.5. The first-order valence-corrected chi connectivity index (χ1v) is 12.9. The van der Waals surface area contributed by atoms with E-state index in [2.05, 4.69) is 67.1 Å². The average molecular weight is 462 g/mol. The highest BCUT2D eigenvalue weighted by Crippen LogP contribution is 2.31. The fourth-order valence-electron chi connectivity index (χ4n) is 4.99. The van der Waals surface area contributed by atoms with Crippen molar-refractivity contribution in [2.75, 3.05) is 13.2 Å². The minimum atomic E-state index is 0.0332. The average Bonchev–Trinajstić information content (AvgIpc) is 3.19. The number of nitrogens with one attached hydrogen (secondary N) is 1. The van der Waals surface area contributed by atoms with Crippen molar-refractivity contribution in [3.63, 3.8) is 0 Å². The van der Waals surface area contributed by atoms with Crippen molar-refractivity contribution >= 4 is 16.9 Å². The van der Waals surface area contributed by atoms with E-state index in [-0.39, 0.29) is 17.2 Å². The Morgan fingerprint density at radius 2 is 1.79 bits per heavy atom. The van der Waals surface area contributed by atoms with Gasteiger partial charge in [-0.15, -0.1) is 0 Å². The number of fused-ring (bicyclic) bond motifs is 1. The van der Waals surface area contributed by atoms with Crippen LogP contribution in [0.1, 0.15) is 70.7 Å². The van der Waals surface area contributed by atoms with Crippen LogP contribution in [0.3, 0.4) is 0 Å². The Kier molecular flexibility index (Phi) is 7.91. The van der Waals surface area contributed by atoms with Crippen molar-refractivity contribution in [3.8, 4) is 5.75 Å². The maximum absolute atomic E-state index is 12.4. The van der Waals surface area contributed by atoms with Crippen LogP contribution < -0.4 is 10.1 Å². The number of hydrogen-bond acceptors (Lipinski definition) is 3. The van der Waals surface area contributed by atoms with Crippen molar-refractivity contribution in [1.82, 2.24) is 14.9 Å². The first-order valence-electron chi connectivity index (χ1n) is 12.9. The van der Waals surface area contributed by atoms with Gasteiger partial charge in [0.25, 0.3) is 0 Å². The predicted molar refractivity (Wildman–Crippen MR) is 138 cm³/mol. The molecule has 1 aliphatic rings. The number of imidazole rings is 1. The molecule has 0 aliphatic heterocycles. The number of ether oxygens (including phenoxy) is 1. The number of aryl methyl sites for hydroxylation is 1. The molecule has 5 heteroatoms. The lowest BCUT2D eigenvalue weighted by Gasteiger charge is -2.23. The highest BCUT2D eigenvalue weighted by Gasteiger charge is 2.21. The molecule has 1 amide bonds. The van der Waals surface area contributed by atoms with Crippen LogP contribution in [-0.4, -0.2) is 28.6 Å². The molecule has 34 heavy (non-hydrogen) atoms. The third kappa shape index (κ3) is 5.99. The summed E-state index contributed by atoms with van der Waals surface area (Å²) in [7, 11) is 0. The SMILES string of the molecule is CC(C)(C)c1ccccc1OCCn1c(CCCNC(=O)C2CCCCC2)nc2ccccc21. The van der Waals surface area contributed by atoms with Crippen molar-refractivity contribution in [2.24, 2.45) is 5.92 Å². The number of hydrogen-bond donors (Lipinski definition) is 1. The largest absolute Gasteiger partial charge is 0.491 e. The predicted octanol–water partition coefficient (Wildman–Crippen LogP) is 6.04. The molecule has 1 heterocycles. The van der Waals surface area contributed by atoms with Crippen molar-refractivity contribution in [2.45, 2.75) is 77.7 Å². The first-order chi connectivity index (χ1) is 16.4.